The molecule has 1 fully saturated rings. The molecule has 0 bridgehead atoms. The van der Waals surface area contributed by atoms with Crippen molar-refractivity contribution in [3.05, 3.63) is 34.6 Å². The van der Waals surface area contributed by atoms with E-state index in [0.717, 1.165) is 30.8 Å². The highest BCUT2D eigenvalue weighted by atomic mass is 35.5. The molecule has 6 heteroatoms. The predicted octanol–water partition coefficient (Wildman–Crippen LogP) is 2.79. The number of nitrogens with zero attached hydrogens (tertiary/aromatic N) is 3. The summed E-state index contributed by atoms with van der Waals surface area (Å²) in [5.74, 6) is 1.06. The first-order valence-electron chi connectivity index (χ1n) is 7.21. The van der Waals surface area contributed by atoms with Crippen LogP contribution in [0.2, 0.25) is 5.02 Å². The lowest BCUT2D eigenvalue weighted by Gasteiger charge is -2.17. The Bertz CT molecular complexity index is 622. The maximum absolute atomic E-state index is 6.18. The molecule has 0 saturated carbocycles. The monoisotopic (exact) mass is 306 g/mol. The second-order valence-electron chi connectivity index (χ2n) is 5.53. The van der Waals surface area contributed by atoms with Crippen molar-refractivity contribution in [3.63, 3.8) is 0 Å². The third kappa shape index (κ3) is 3.26. The average molecular weight is 307 g/mol. The number of benzene rings is 1. The molecule has 0 aliphatic carbocycles. The van der Waals surface area contributed by atoms with E-state index in [1.54, 1.807) is 0 Å². The smallest absolute Gasteiger partial charge is 0.258 e. The molecule has 2 aromatic rings. The van der Waals surface area contributed by atoms with E-state index >= 15 is 0 Å². The second kappa shape index (κ2) is 6.13. The number of halogens is 1. The van der Waals surface area contributed by atoms with Crippen LogP contribution in [0.25, 0.3) is 11.5 Å². The number of aromatic nitrogens is 2. The summed E-state index contributed by atoms with van der Waals surface area (Å²) in [5.41, 5.74) is 8.08. The first-order chi connectivity index (χ1) is 10.1. The third-order valence-corrected chi connectivity index (χ3v) is 4.08. The summed E-state index contributed by atoms with van der Waals surface area (Å²) in [6.07, 6.45) is 2.49. The number of likely N-dealkylation sites (tertiary alicyclic amines) is 1. The normalized spacial score (nSPS) is 17.3. The van der Waals surface area contributed by atoms with Gasteiger partial charge in [0, 0.05) is 17.1 Å². The molecule has 0 radical (unpaired) electrons. The van der Waals surface area contributed by atoms with Gasteiger partial charge in [-0.1, -0.05) is 16.8 Å². The summed E-state index contributed by atoms with van der Waals surface area (Å²) in [5, 5.41) is 4.72. The van der Waals surface area contributed by atoms with Crippen molar-refractivity contribution in [2.45, 2.75) is 25.8 Å². The van der Waals surface area contributed by atoms with Gasteiger partial charge in [-0.15, -0.1) is 0 Å². The number of hydrogen-bond donors (Lipinski definition) is 1. The van der Waals surface area contributed by atoms with Crippen LogP contribution in [0.4, 0.5) is 0 Å². The van der Waals surface area contributed by atoms with E-state index in [1.807, 2.05) is 25.1 Å². The van der Waals surface area contributed by atoms with Crippen molar-refractivity contribution >= 4 is 11.6 Å². The molecule has 112 valence electrons. The SMILES string of the molecule is Cc1cc(Cl)ccc1-c1nc(C(N)CN2CCCC2)no1. The van der Waals surface area contributed by atoms with Gasteiger partial charge in [0.05, 0.1) is 6.04 Å². The Morgan fingerprint density at radius 3 is 2.86 bits per heavy atom. The number of hydrogen-bond acceptors (Lipinski definition) is 5. The maximum atomic E-state index is 6.18. The van der Waals surface area contributed by atoms with Crippen LogP contribution in [0.1, 0.15) is 30.3 Å². The van der Waals surface area contributed by atoms with Crippen molar-refractivity contribution in [1.29, 1.82) is 0 Å². The number of nitrogens with two attached hydrogens (primary N) is 1. The van der Waals surface area contributed by atoms with E-state index in [4.69, 9.17) is 21.9 Å². The van der Waals surface area contributed by atoms with Crippen LogP contribution in [-0.4, -0.2) is 34.7 Å². The van der Waals surface area contributed by atoms with E-state index < -0.39 is 0 Å². The predicted molar refractivity (Wildman–Crippen MR) is 82.1 cm³/mol. The Labute approximate surface area is 129 Å². The summed E-state index contributed by atoms with van der Waals surface area (Å²) in [7, 11) is 0. The summed E-state index contributed by atoms with van der Waals surface area (Å²) in [4.78, 5) is 6.78. The van der Waals surface area contributed by atoms with Crippen molar-refractivity contribution in [3.8, 4) is 11.5 Å². The van der Waals surface area contributed by atoms with Gasteiger partial charge < -0.3 is 15.2 Å². The lowest BCUT2D eigenvalue weighted by atomic mass is 10.1. The maximum Gasteiger partial charge on any atom is 0.258 e. The van der Waals surface area contributed by atoms with Crippen LogP contribution in [0.3, 0.4) is 0 Å². The van der Waals surface area contributed by atoms with Gasteiger partial charge >= 0.3 is 0 Å². The standard InChI is InChI=1S/C15H19ClN4O/c1-10-8-11(16)4-5-12(10)15-18-14(19-21-15)13(17)9-20-6-2-3-7-20/h4-5,8,13H,2-3,6-7,9,17H2,1H3. The third-order valence-electron chi connectivity index (χ3n) is 3.85. The summed E-state index contributed by atoms with van der Waals surface area (Å²) >= 11 is 5.96. The van der Waals surface area contributed by atoms with Gasteiger partial charge in [0.25, 0.3) is 5.89 Å². The van der Waals surface area contributed by atoms with E-state index in [2.05, 4.69) is 15.0 Å². The average Bonchev–Trinajstić information content (AvgIpc) is 3.09. The Balaban J connectivity index is 1.76. The van der Waals surface area contributed by atoms with Gasteiger partial charge in [0.15, 0.2) is 5.82 Å². The molecule has 3 rings (SSSR count). The van der Waals surface area contributed by atoms with Crippen LogP contribution < -0.4 is 5.73 Å². The fourth-order valence-electron chi connectivity index (χ4n) is 2.69. The van der Waals surface area contributed by atoms with Crippen LogP contribution in [0, 0.1) is 6.92 Å². The molecule has 1 aliphatic heterocycles. The first-order valence-corrected chi connectivity index (χ1v) is 7.59. The van der Waals surface area contributed by atoms with E-state index in [-0.39, 0.29) is 6.04 Å². The Hall–Kier alpha value is -1.43. The molecule has 0 amide bonds. The molecular weight excluding hydrogens is 288 g/mol. The highest BCUT2D eigenvalue weighted by Crippen LogP contribution is 2.25. The van der Waals surface area contributed by atoms with Gasteiger partial charge in [-0.3, -0.25) is 0 Å². The summed E-state index contributed by atoms with van der Waals surface area (Å²) in [6, 6.07) is 5.37. The quantitative estimate of drug-likeness (QED) is 0.940. The van der Waals surface area contributed by atoms with Crippen molar-refractivity contribution < 1.29 is 4.52 Å². The van der Waals surface area contributed by atoms with E-state index in [0.29, 0.717) is 16.7 Å². The highest BCUT2D eigenvalue weighted by Gasteiger charge is 2.20. The lowest BCUT2D eigenvalue weighted by molar-refractivity contribution is 0.306. The molecule has 1 aromatic carbocycles. The molecule has 1 aromatic heterocycles. The zero-order chi connectivity index (χ0) is 14.8. The Kier molecular flexibility index (Phi) is 4.24. The van der Waals surface area contributed by atoms with Crippen LogP contribution in [0.5, 0.6) is 0 Å². The summed E-state index contributed by atoms with van der Waals surface area (Å²) < 4.78 is 5.35. The fourth-order valence-corrected chi connectivity index (χ4v) is 2.91. The molecule has 0 spiro atoms. The van der Waals surface area contributed by atoms with Crippen LogP contribution in [-0.2, 0) is 0 Å². The summed E-state index contributed by atoms with van der Waals surface area (Å²) in [6.45, 7) is 4.96. The minimum atomic E-state index is -0.215. The van der Waals surface area contributed by atoms with Gasteiger partial charge in [-0.25, -0.2) is 0 Å². The van der Waals surface area contributed by atoms with Crippen molar-refractivity contribution in [2.75, 3.05) is 19.6 Å². The molecule has 21 heavy (non-hydrogen) atoms. The lowest BCUT2D eigenvalue weighted by Crippen LogP contribution is -2.30. The second-order valence-corrected chi connectivity index (χ2v) is 5.97. The number of rotatable bonds is 4. The van der Waals surface area contributed by atoms with E-state index in [1.165, 1.54) is 12.8 Å². The minimum Gasteiger partial charge on any atom is -0.334 e. The zero-order valence-electron chi connectivity index (χ0n) is 12.1. The number of aryl methyl sites for hydroxylation is 1. The molecule has 1 saturated heterocycles. The minimum absolute atomic E-state index is 0.215. The van der Waals surface area contributed by atoms with E-state index in [9.17, 15) is 0 Å². The van der Waals surface area contributed by atoms with Gasteiger partial charge in [-0.05, 0) is 56.6 Å². The molecule has 5 nitrogen and oxygen atoms in total. The Morgan fingerprint density at radius 2 is 2.14 bits per heavy atom. The first kappa shape index (κ1) is 14.5. The Morgan fingerprint density at radius 1 is 1.38 bits per heavy atom. The van der Waals surface area contributed by atoms with Crippen LogP contribution >= 0.6 is 11.6 Å². The molecule has 1 unspecified atom stereocenters. The molecule has 2 N–H and O–H groups in total. The zero-order valence-corrected chi connectivity index (χ0v) is 12.8. The van der Waals surface area contributed by atoms with Gasteiger partial charge in [0.2, 0.25) is 0 Å². The molecule has 1 aliphatic rings. The largest absolute Gasteiger partial charge is 0.334 e. The van der Waals surface area contributed by atoms with Crippen LogP contribution in [0.15, 0.2) is 22.7 Å². The van der Waals surface area contributed by atoms with Gasteiger partial charge in [0.1, 0.15) is 0 Å². The fraction of sp³-hybridized carbons (Fsp3) is 0.467. The van der Waals surface area contributed by atoms with Gasteiger partial charge in [-0.2, -0.15) is 4.98 Å². The topological polar surface area (TPSA) is 68.2 Å². The van der Waals surface area contributed by atoms with Crippen molar-refractivity contribution in [1.82, 2.24) is 15.0 Å². The molecular formula is C15H19ClN4O. The highest BCUT2D eigenvalue weighted by molar-refractivity contribution is 6.30. The molecule has 1 atom stereocenters. The van der Waals surface area contributed by atoms with Crippen molar-refractivity contribution in [2.24, 2.45) is 5.73 Å². The molecule has 2 heterocycles.